The Morgan fingerprint density at radius 1 is 1.27 bits per heavy atom. The van der Waals surface area contributed by atoms with Crippen LogP contribution in [0.5, 0.6) is 0 Å². The topological polar surface area (TPSA) is 68.4 Å². The number of hydrogen-bond donors (Lipinski definition) is 1. The van der Waals surface area contributed by atoms with E-state index < -0.39 is 24.1 Å². The molecule has 0 atom stereocenters. The van der Waals surface area contributed by atoms with E-state index in [0.717, 1.165) is 10.6 Å². The van der Waals surface area contributed by atoms with Gasteiger partial charge in [0.25, 0.3) is 0 Å². The van der Waals surface area contributed by atoms with Gasteiger partial charge in [-0.1, -0.05) is 0 Å². The number of carbonyl (C=O) groups is 2. The van der Waals surface area contributed by atoms with Crippen molar-refractivity contribution < 1.29 is 19.1 Å². The number of aromatic nitrogens is 1. The van der Waals surface area contributed by atoms with Gasteiger partial charge in [-0.25, -0.2) is 9.59 Å². The Balaban J connectivity index is 2.05. The smallest absolute Gasteiger partial charge is 0.344 e. The van der Waals surface area contributed by atoms with Crippen LogP contribution in [0, 0.1) is 0 Å². The van der Waals surface area contributed by atoms with E-state index >= 15 is 0 Å². The molecule has 0 aromatic heterocycles. The third-order valence-electron chi connectivity index (χ3n) is 2.43. The van der Waals surface area contributed by atoms with Gasteiger partial charge in [-0.2, -0.15) is 0 Å². The minimum absolute atomic E-state index is 0.364. The summed E-state index contributed by atoms with van der Waals surface area (Å²) < 4.78 is 10.1. The highest BCUT2D eigenvalue weighted by atomic mass is 32.1. The van der Waals surface area contributed by atoms with Crippen LogP contribution >= 0.6 is 22.7 Å². The highest BCUT2D eigenvalue weighted by molar-refractivity contribution is 7.16. The van der Waals surface area contributed by atoms with Crippen LogP contribution in [0.25, 0.3) is 10.6 Å². The zero-order valence-electron chi connectivity index (χ0n) is 12.5. The average Bonchev–Trinajstić information content (AvgIpc) is 2.67. The summed E-state index contributed by atoms with van der Waals surface area (Å²) in [6.45, 7) is 4.87. The molecule has 0 aromatic carbocycles. The Bertz CT molecular complexity index is 676. The largest absolute Gasteiger partial charge is 0.457 e. The molecule has 0 saturated heterocycles. The van der Waals surface area contributed by atoms with Gasteiger partial charge in [0, 0.05) is 22.3 Å². The Morgan fingerprint density at radius 2 is 2.05 bits per heavy atom. The van der Waals surface area contributed by atoms with Crippen LogP contribution in [0.1, 0.15) is 31.1 Å². The van der Waals surface area contributed by atoms with E-state index in [0.29, 0.717) is 5.56 Å². The lowest BCUT2D eigenvalue weighted by molar-refractivity contribution is -0.158. The molecule has 0 spiro atoms. The summed E-state index contributed by atoms with van der Waals surface area (Å²) in [6, 6.07) is 1.74. The van der Waals surface area contributed by atoms with Crippen LogP contribution in [0.3, 0.4) is 0 Å². The van der Waals surface area contributed by atoms with E-state index in [-0.39, 0.29) is 0 Å². The van der Waals surface area contributed by atoms with Crippen LogP contribution < -0.4 is 0 Å². The molecule has 2 rings (SSSR count). The first-order valence-electron chi connectivity index (χ1n) is 6.60. The van der Waals surface area contributed by atoms with E-state index in [2.05, 4.69) is 4.98 Å². The first-order valence-corrected chi connectivity index (χ1v) is 8.42. The second-order valence-electron chi connectivity index (χ2n) is 5.47. The molecule has 0 fully saturated rings. The van der Waals surface area contributed by atoms with Gasteiger partial charge in [-0.15, -0.1) is 22.7 Å². The van der Waals surface area contributed by atoms with Crippen molar-refractivity contribution in [3.63, 3.8) is 0 Å². The number of H-pyrrole nitrogens is 1. The zero-order valence-corrected chi connectivity index (χ0v) is 14.2. The van der Waals surface area contributed by atoms with Crippen molar-refractivity contribution >= 4 is 34.6 Å². The lowest BCUT2D eigenvalue weighted by atomic mass is 10.2. The molecule has 0 unspecified atom stereocenters. The Hall–Kier alpha value is -1.86. The number of hydrogen-bond acceptors (Lipinski definition) is 6. The van der Waals surface area contributed by atoms with Gasteiger partial charge in [0.05, 0.1) is 16.1 Å². The third kappa shape index (κ3) is 4.85. The van der Waals surface area contributed by atoms with Crippen molar-refractivity contribution in [2.45, 2.75) is 26.4 Å². The van der Waals surface area contributed by atoms with Gasteiger partial charge in [-0.05, 0) is 26.8 Å². The summed E-state index contributed by atoms with van der Waals surface area (Å²) >= 11 is 3.07. The fourth-order valence-electron chi connectivity index (χ4n) is 1.61. The maximum Gasteiger partial charge on any atom is 0.344 e. The fraction of sp³-hybridized carbons (Fsp3) is 0.333. The monoisotopic (exact) mass is 339 g/mol. The van der Waals surface area contributed by atoms with E-state index in [4.69, 9.17) is 9.47 Å². The quantitative estimate of drug-likeness (QED) is 0.862. The van der Waals surface area contributed by atoms with Gasteiger partial charge in [0.15, 0.2) is 6.61 Å². The van der Waals surface area contributed by atoms with Gasteiger partial charge < -0.3 is 14.5 Å². The maximum atomic E-state index is 12.0. The molecule has 1 N–H and O–H groups in total. The summed E-state index contributed by atoms with van der Waals surface area (Å²) in [5, 5.41) is 5.86. The van der Waals surface area contributed by atoms with Crippen molar-refractivity contribution in [2.75, 3.05) is 6.61 Å². The Labute approximate surface area is 136 Å². The average molecular weight is 339 g/mol. The first kappa shape index (κ1) is 16.5. The standard InChI is InChI=1S/C15H17NO4S2/c1-15(2,3)20-13(17)8-19-14(18)10-6-12-11(16-7-10)9-21-4-5-22-12/h4-7,9,16H,8H2,1-3H3. The summed E-state index contributed by atoms with van der Waals surface area (Å²) in [4.78, 5) is 27.5. The first-order chi connectivity index (χ1) is 10.3. The molecule has 0 saturated carbocycles. The molecule has 0 amide bonds. The second kappa shape index (κ2) is 6.93. The summed E-state index contributed by atoms with van der Waals surface area (Å²) in [6.07, 6.45) is 1.57. The molecular weight excluding hydrogens is 322 g/mol. The molecule has 0 bridgehead atoms. The van der Waals surface area contributed by atoms with E-state index in [1.165, 1.54) is 11.3 Å². The molecule has 0 radical (unpaired) electrons. The highest BCUT2D eigenvalue weighted by Crippen LogP contribution is 2.24. The number of fused-ring (bicyclic) bond motifs is 1. The zero-order chi connectivity index (χ0) is 16.2. The van der Waals surface area contributed by atoms with Crippen molar-refractivity contribution in [1.82, 2.24) is 4.98 Å². The van der Waals surface area contributed by atoms with Crippen LogP contribution in [0.2, 0.25) is 0 Å². The highest BCUT2D eigenvalue weighted by Gasteiger charge is 2.18. The lowest BCUT2D eigenvalue weighted by Crippen LogP contribution is -2.27. The number of pyridine rings is 1. The third-order valence-corrected chi connectivity index (χ3v) is 4.13. The molecule has 0 aromatic rings. The minimum atomic E-state index is -0.599. The Kier molecular flexibility index (Phi) is 5.20. The summed E-state index contributed by atoms with van der Waals surface area (Å²) in [7, 11) is 0. The summed E-state index contributed by atoms with van der Waals surface area (Å²) in [5.74, 6) is -1.13. The number of rotatable bonds is 3. The van der Waals surface area contributed by atoms with Crippen molar-refractivity contribution in [2.24, 2.45) is 0 Å². The predicted molar refractivity (Wildman–Crippen MR) is 86.9 cm³/mol. The maximum absolute atomic E-state index is 12.0. The van der Waals surface area contributed by atoms with Crippen LogP contribution in [-0.2, 0) is 14.3 Å². The molecule has 2 aliphatic rings. The van der Waals surface area contributed by atoms with Crippen LogP contribution in [0.4, 0.5) is 0 Å². The molecular formula is C15H17NO4S2. The molecule has 7 heteroatoms. The van der Waals surface area contributed by atoms with Gasteiger partial charge >= 0.3 is 11.9 Å². The van der Waals surface area contributed by atoms with E-state index in [9.17, 15) is 9.59 Å². The molecule has 2 heterocycles. The minimum Gasteiger partial charge on any atom is -0.457 e. The number of ether oxygens (including phenoxy) is 2. The number of carbonyl (C=O) groups excluding carboxylic acids is 2. The van der Waals surface area contributed by atoms with Crippen molar-refractivity contribution in [3.8, 4) is 10.6 Å². The van der Waals surface area contributed by atoms with Crippen LogP contribution in [-0.4, -0.2) is 29.1 Å². The normalized spacial score (nSPS) is 11.0. The summed E-state index contributed by atoms with van der Waals surface area (Å²) in [5.41, 5.74) is 0.699. The van der Waals surface area contributed by atoms with E-state index in [1.807, 2.05) is 16.1 Å². The lowest BCUT2D eigenvalue weighted by Gasteiger charge is -2.19. The van der Waals surface area contributed by atoms with Crippen molar-refractivity contribution in [3.05, 3.63) is 34.0 Å². The predicted octanol–water partition coefficient (Wildman–Crippen LogP) is 3.87. The number of aromatic amines is 1. The molecule has 0 aliphatic carbocycles. The Morgan fingerprint density at radius 3 is 2.77 bits per heavy atom. The van der Waals surface area contributed by atoms with Gasteiger partial charge in [0.2, 0.25) is 0 Å². The molecule has 5 nitrogen and oxygen atoms in total. The molecule has 2 aliphatic heterocycles. The molecule has 118 valence electrons. The molecule has 22 heavy (non-hydrogen) atoms. The van der Waals surface area contributed by atoms with Crippen molar-refractivity contribution in [1.29, 1.82) is 0 Å². The number of esters is 2. The van der Waals surface area contributed by atoms with Crippen LogP contribution in [0.15, 0.2) is 28.4 Å². The number of nitrogens with one attached hydrogen (secondary N) is 1. The fourth-order valence-corrected chi connectivity index (χ4v) is 3.16. The van der Waals surface area contributed by atoms with Gasteiger partial charge in [-0.3, -0.25) is 0 Å². The second-order valence-corrected chi connectivity index (χ2v) is 7.20. The van der Waals surface area contributed by atoms with Gasteiger partial charge in [0.1, 0.15) is 5.60 Å². The SMILES string of the molecule is CC(C)(C)OC(=O)COC(=O)c1c[nH]c2csccsc-2c1. The van der Waals surface area contributed by atoms with E-state index in [1.54, 1.807) is 44.4 Å².